The van der Waals surface area contributed by atoms with Gasteiger partial charge in [0, 0.05) is 0 Å². The topological polar surface area (TPSA) is 47.6 Å². The largest absolute Gasteiger partial charge is 0.468 e. The van der Waals surface area contributed by atoms with Gasteiger partial charge in [-0.1, -0.05) is 0 Å². The number of rotatable bonds is 3. The fourth-order valence-electron chi connectivity index (χ4n) is 0.930. The minimum atomic E-state index is -0.228. The summed E-state index contributed by atoms with van der Waals surface area (Å²) in [6, 6.07) is 0.0954. The lowest BCUT2D eigenvalue weighted by atomic mass is 10.2. The first kappa shape index (κ1) is 8.49. The third kappa shape index (κ3) is 2.17. The van der Waals surface area contributed by atoms with E-state index < -0.39 is 0 Å². The van der Waals surface area contributed by atoms with Crippen LogP contribution in [0.5, 0.6) is 0 Å². The minimum Gasteiger partial charge on any atom is -0.468 e. The molecule has 1 heterocycles. The van der Waals surface area contributed by atoms with Gasteiger partial charge in [0.25, 0.3) is 0 Å². The Kier molecular flexibility index (Phi) is 2.84. The van der Waals surface area contributed by atoms with Gasteiger partial charge < -0.3 is 9.47 Å². The lowest BCUT2D eigenvalue weighted by molar-refractivity contribution is -0.143. The molecule has 1 aliphatic rings. The average Bonchev–Trinajstić information content (AvgIpc) is 1.94. The van der Waals surface area contributed by atoms with E-state index in [1.54, 1.807) is 6.92 Å². The molecule has 4 heteroatoms. The molecule has 0 amide bonds. The zero-order chi connectivity index (χ0) is 8.27. The van der Waals surface area contributed by atoms with Crippen molar-refractivity contribution in [2.24, 2.45) is 0 Å². The first-order valence-electron chi connectivity index (χ1n) is 3.65. The average molecular weight is 159 g/mol. The van der Waals surface area contributed by atoms with Crippen molar-refractivity contribution in [2.75, 3.05) is 20.3 Å². The number of carbonyl (C=O) groups excluding carboxylic acids is 1. The molecule has 0 unspecified atom stereocenters. The van der Waals surface area contributed by atoms with E-state index in [1.807, 2.05) is 0 Å². The van der Waals surface area contributed by atoms with Gasteiger partial charge in [-0.15, -0.1) is 0 Å². The third-order valence-electron chi connectivity index (χ3n) is 1.68. The molecule has 1 rings (SSSR count). The van der Waals surface area contributed by atoms with Crippen LogP contribution in [0.1, 0.15) is 6.92 Å². The Hall–Kier alpha value is -0.610. The van der Waals surface area contributed by atoms with Gasteiger partial charge >= 0.3 is 5.97 Å². The fourth-order valence-corrected chi connectivity index (χ4v) is 0.930. The number of hydrogen-bond acceptors (Lipinski definition) is 4. The Morgan fingerprint density at radius 2 is 2.36 bits per heavy atom. The second-order valence-electron chi connectivity index (χ2n) is 2.65. The van der Waals surface area contributed by atoms with E-state index in [9.17, 15) is 4.79 Å². The van der Waals surface area contributed by atoms with E-state index in [2.05, 4.69) is 10.1 Å². The number of methoxy groups -OCH3 is 1. The predicted molar refractivity (Wildman–Crippen MR) is 39.2 cm³/mol. The zero-order valence-corrected chi connectivity index (χ0v) is 6.79. The third-order valence-corrected chi connectivity index (χ3v) is 1.68. The molecular formula is C7H13NO3. The molecule has 11 heavy (non-hydrogen) atoms. The summed E-state index contributed by atoms with van der Waals surface area (Å²) < 4.78 is 9.47. The lowest BCUT2D eigenvalue weighted by Crippen LogP contribution is -2.52. The molecule has 0 bridgehead atoms. The van der Waals surface area contributed by atoms with E-state index in [0.29, 0.717) is 19.3 Å². The van der Waals surface area contributed by atoms with Crippen LogP contribution in [0.25, 0.3) is 0 Å². The highest BCUT2D eigenvalue weighted by atomic mass is 16.5. The summed E-state index contributed by atoms with van der Waals surface area (Å²) in [5.74, 6) is -0.225. The normalized spacial score (nSPS) is 20.5. The monoisotopic (exact) mass is 159 g/mol. The second kappa shape index (κ2) is 3.69. The maximum atomic E-state index is 10.9. The van der Waals surface area contributed by atoms with E-state index in [1.165, 1.54) is 7.11 Å². The molecule has 0 aliphatic carbocycles. The molecule has 1 atom stereocenters. The molecule has 64 valence electrons. The molecule has 1 N–H and O–H groups in total. The van der Waals surface area contributed by atoms with Crippen molar-refractivity contribution in [1.82, 2.24) is 5.32 Å². The first-order chi connectivity index (χ1) is 5.24. The van der Waals surface area contributed by atoms with Gasteiger partial charge in [-0.05, 0) is 6.92 Å². The van der Waals surface area contributed by atoms with Gasteiger partial charge in [-0.2, -0.15) is 0 Å². The van der Waals surface area contributed by atoms with Crippen LogP contribution in [-0.4, -0.2) is 38.4 Å². The van der Waals surface area contributed by atoms with E-state index in [0.717, 1.165) is 0 Å². The molecule has 1 fully saturated rings. The van der Waals surface area contributed by atoms with Crippen molar-refractivity contribution in [3.05, 3.63) is 0 Å². The maximum Gasteiger partial charge on any atom is 0.322 e. The molecule has 0 radical (unpaired) electrons. The summed E-state index contributed by atoms with van der Waals surface area (Å²) in [5, 5.41) is 3.07. The lowest BCUT2D eigenvalue weighted by Gasteiger charge is -2.29. The highest BCUT2D eigenvalue weighted by Crippen LogP contribution is 2.01. The minimum absolute atomic E-state index is 0.225. The number of nitrogens with one attached hydrogen (secondary N) is 1. The molecule has 4 nitrogen and oxygen atoms in total. The zero-order valence-electron chi connectivity index (χ0n) is 6.79. The molecule has 0 saturated carbocycles. The molecule has 1 saturated heterocycles. The molecule has 0 aromatic heterocycles. The summed E-state index contributed by atoms with van der Waals surface area (Å²) in [4.78, 5) is 10.9. The van der Waals surface area contributed by atoms with Crippen LogP contribution in [0.4, 0.5) is 0 Å². The fraction of sp³-hybridized carbons (Fsp3) is 0.857. The molecule has 0 spiro atoms. The van der Waals surface area contributed by atoms with Crippen molar-refractivity contribution < 1.29 is 14.3 Å². The molecule has 1 aliphatic heterocycles. The number of hydrogen-bond donors (Lipinski definition) is 1. The van der Waals surface area contributed by atoms with E-state index in [-0.39, 0.29) is 12.0 Å². The molecule has 0 aromatic carbocycles. The van der Waals surface area contributed by atoms with Gasteiger partial charge in [0.1, 0.15) is 6.04 Å². The Morgan fingerprint density at radius 1 is 1.73 bits per heavy atom. The van der Waals surface area contributed by atoms with Gasteiger partial charge in [-0.3, -0.25) is 10.1 Å². The first-order valence-corrected chi connectivity index (χ1v) is 3.65. The summed E-state index contributed by atoms with van der Waals surface area (Å²) >= 11 is 0. The van der Waals surface area contributed by atoms with Gasteiger partial charge in [0.15, 0.2) is 0 Å². The quantitative estimate of drug-likeness (QED) is 0.566. The Bertz CT molecular complexity index is 145. The predicted octanol–water partition coefficient (Wildman–Crippen LogP) is -0.464. The highest BCUT2D eigenvalue weighted by Gasteiger charge is 2.23. The van der Waals surface area contributed by atoms with Crippen LogP contribution in [-0.2, 0) is 14.3 Å². The van der Waals surface area contributed by atoms with Gasteiger partial charge in [0.2, 0.25) is 0 Å². The Morgan fingerprint density at radius 3 is 2.73 bits per heavy atom. The summed E-state index contributed by atoms with van der Waals surface area (Å²) in [6.45, 7) is 3.17. The Balaban J connectivity index is 2.18. The molecule has 0 aromatic rings. The van der Waals surface area contributed by atoms with Gasteiger partial charge in [0.05, 0.1) is 26.4 Å². The van der Waals surface area contributed by atoms with Crippen molar-refractivity contribution in [1.29, 1.82) is 0 Å². The summed E-state index contributed by atoms with van der Waals surface area (Å²) in [7, 11) is 1.39. The van der Waals surface area contributed by atoms with E-state index in [4.69, 9.17) is 4.74 Å². The highest BCUT2D eigenvalue weighted by molar-refractivity contribution is 5.75. The molecular weight excluding hydrogens is 146 g/mol. The van der Waals surface area contributed by atoms with Crippen LogP contribution in [0.2, 0.25) is 0 Å². The van der Waals surface area contributed by atoms with Crippen molar-refractivity contribution in [3.63, 3.8) is 0 Å². The summed E-state index contributed by atoms with van der Waals surface area (Å²) in [6.07, 6.45) is 0. The van der Waals surface area contributed by atoms with Crippen molar-refractivity contribution in [3.8, 4) is 0 Å². The van der Waals surface area contributed by atoms with Crippen LogP contribution in [0.15, 0.2) is 0 Å². The van der Waals surface area contributed by atoms with Crippen LogP contribution < -0.4 is 5.32 Å². The van der Waals surface area contributed by atoms with Crippen molar-refractivity contribution in [2.45, 2.75) is 19.0 Å². The van der Waals surface area contributed by atoms with Gasteiger partial charge in [-0.25, -0.2) is 0 Å². The van der Waals surface area contributed by atoms with E-state index >= 15 is 0 Å². The SMILES string of the molecule is COC(=O)[C@H](C)NC1COC1. The number of esters is 1. The van der Waals surface area contributed by atoms with Crippen LogP contribution >= 0.6 is 0 Å². The van der Waals surface area contributed by atoms with Crippen LogP contribution in [0.3, 0.4) is 0 Å². The second-order valence-corrected chi connectivity index (χ2v) is 2.65. The number of carbonyl (C=O) groups is 1. The maximum absolute atomic E-state index is 10.9. The number of ether oxygens (including phenoxy) is 2. The van der Waals surface area contributed by atoms with Crippen LogP contribution in [0, 0.1) is 0 Å². The smallest absolute Gasteiger partial charge is 0.322 e. The summed E-state index contributed by atoms with van der Waals surface area (Å²) in [5.41, 5.74) is 0. The van der Waals surface area contributed by atoms with Crippen molar-refractivity contribution >= 4 is 5.97 Å². The standard InChI is InChI=1S/C7H13NO3/c1-5(7(9)10-2)8-6-3-11-4-6/h5-6,8H,3-4H2,1-2H3/t5-/m0/s1. The Labute approximate surface area is 65.9 Å².